The van der Waals surface area contributed by atoms with Crippen LogP contribution in [0.4, 0.5) is 10.5 Å². The summed E-state index contributed by atoms with van der Waals surface area (Å²) in [5.41, 5.74) is 2.82. The van der Waals surface area contributed by atoms with Gasteiger partial charge < -0.3 is 24.5 Å². The third kappa shape index (κ3) is 4.42. The van der Waals surface area contributed by atoms with Crippen LogP contribution in [-0.2, 0) is 11.2 Å². The maximum atomic E-state index is 12.7. The molecule has 0 radical (unpaired) electrons. The molecule has 2 saturated heterocycles. The largest absolute Gasteiger partial charge is 0.369 e. The van der Waals surface area contributed by atoms with E-state index in [4.69, 9.17) is 4.52 Å². The van der Waals surface area contributed by atoms with Gasteiger partial charge in [0.05, 0.1) is 12.1 Å². The second-order valence-electron chi connectivity index (χ2n) is 8.06. The van der Waals surface area contributed by atoms with Gasteiger partial charge in [-0.25, -0.2) is 4.79 Å². The molecule has 3 amide bonds. The number of aryl methyl sites for hydroxylation is 2. The molecule has 1 N–H and O–H groups in total. The van der Waals surface area contributed by atoms with E-state index in [-0.39, 0.29) is 18.0 Å². The summed E-state index contributed by atoms with van der Waals surface area (Å²) in [7, 11) is 0. The van der Waals surface area contributed by atoms with Crippen molar-refractivity contribution in [2.45, 2.75) is 32.7 Å². The number of benzene rings is 1. The van der Waals surface area contributed by atoms with Crippen LogP contribution in [0.25, 0.3) is 0 Å². The smallest absolute Gasteiger partial charge is 0.317 e. The zero-order chi connectivity index (χ0) is 21.1. The van der Waals surface area contributed by atoms with E-state index in [1.54, 1.807) is 0 Å². The SMILES string of the molecule is Cc1noc(C)c1CC(=O)N1CCN(C(=O)NC2CCN(c3ccccc3)C2)CC1. The van der Waals surface area contributed by atoms with Crippen molar-refractivity contribution in [3.05, 3.63) is 47.3 Å². The lowest BCUT2D eigenvalue weighted by Gasteiger charge is -2.35. The molecule has 3 heterocycles. The Kier molecular flexibility index (Phi) is 5.92. The molecule has 0 bridgehead atoms. The molecule has 1 unspecified atom stereocenters. The van der Waals surface area contributed by atoms with Gasteiger partial charge in [0.15, 0.2) is 0 Å². The third-order valence-corrected chi connectivity index (χ3v) is 6.07. The fourth-order valence-corrected chi connectivity index (χ4v) is 4.19. The van der Waals surface area contributed by atoms with Gasteiger partial charge >= 0.3 is 6.03 Å². The number of carbonyl (C=O) groups excluding carboxylic acids is 2. The molecule has 1 aromatic heterocycles. The molecule has 4 rings (SSSR count). The zero-order valence-electron chi connectivity index (χ0n) is 17.6. The van der Waals surface area contributed by atoms with Crippen LogP contribution in [0, 0.1) is 13.8 Å². The number of anilines is 1. The van der Waals surface area contributed by atoms with Crippen LogP contribution < -0.4 is 10.2 Å². The van der Waals surface area contributed by atoms with Crippen LogP contribution in [0.5, 0.6) is 0 Å². The first-order chi connectivity index (χ1) is 14.5. The molecular formula is C22H29N5O3. The summed E-state index contributed by atoms with van der Waals surface area (Å²) in [6, 6.07) is 10.4. The second-order valence-corrected chi connectivity index (χ2v) is 8.06. The highest BCUT2D eigenvalue weighted by Crippen LogP contribution is 2.20. The number of hydrogen-bond acceptors (Lipinski definition) is 5. The lowest BCUT2D eigenvalue weighted by atomic mass is 10.1. The van der Waals surface area contributed by atoms with Gasteiger partial charge in [0.2, 0.25) is 5.91 Å². The standard InChI is InChI=1S/C22H29N5O3/c1-16-20(17(2)30-24-16)14-21(28)25-10-12-26(13-11-25)22(29)23-18-8-9-27(15-18)19-6-4-3-5-7-19/h3-7,18H,8-15H2,1-2H3,(H,23,29). The van der Waals surface area contributed by atoms with Gasteiger partial charge in [-0.15, -0.1) is 0 Å². The summed E-state index contributed by atoms with van der Waals surface area (Å²) in [6.45, 7) is 7.65. The molecule has 0 saturated carbocycles. The number of piperazine rings is 1. The van der Waals surface area contributed by atoms with Crippen molar-refractivity contribution >= 4 is 17.6 Å². The minimum absolute atomic E-state index is 0.0345. The Morgan fingerprint density at radius 2 is 1.77 bits per heavy atom. The van der Waals surface area contributed by atoms with E-state index in [1.807, 2.05) is 41.8 Å². The summed E-state index contributed by atoms with van der Waals surface area (Å²) < 4.78 is 5.15. The highest BCUT2D eigenvalue weighted by atomic mass is 16.5. The van der Waals surface area contributed by atoms with Gasteiger partial charge in [0, 0.05) is 56.6 Å². The lowest BCUT2D eigenvalue weighted by molar-refractivity contribution is -0.131. The Labute approximate surface area is 176 Å². The monoisotopic (exact) mass is 411 g/mol. The lowest BCUT2D eigenvalue weighted by Crippen LogP contribution is -2.55. The summed E-state index contributed by atoms with van der Waals surface area (Å²) >= 11 is 0. The number of urea groups is 1. The van der Waals surface area contributed by atoms with E-state index in [9.17, 15) is 9.59 Å². The second kappa shape index (κ2) is 8.77. The minimum atomic E-state index is -0.0345. The average molecular weight is 412 g/mol. The molecule has 1 aromatic carbocycles. The third-order valence-electron chi connectivity index (χ3n) is 6.07. The maximum absolute atomic E-state index is 12.7. The Bertz CT molecular complexity index is 870. The number of aromatic nitrogens is 1. The number of amides is 3. The maximum Gasteiger partial charge on any atom is 0.317 e. The van der Waals surface area contributed by atoms with Gasteiger partial charge in [-0.2, -0.15) is 0 Å². The summed E-state index contributed by atoms with van der Waals surface area (Å²) in [6.07, 6.45) is 1.24. The predicted octanol–water partition coefficient (Wildman–Crippen LogP) is 1.97. The predicted molar refractivity (Wildman–Crippen MR) is 113 cm³/mol. The number of rotatable bonds is 4. The summed E-state index contributed by atoms with van der Waals surface area (Å²) in [4.78, 5) is 31.3. The first-order valence-electron chi connectivity index (χ1n) is 10.6. The van der Waals surface area contributed by atoms with E-state index >= 15 is 0 Å². The molecule has 2 fully saturated rings. The van der Waals surface area contributed by atoms with Gasteiger partial charge in [0.1, 0.15) is 5.76 Å². The molecular weight excluding hydrogens is 382 g/mol. The molecule has 1 atom stereocenters. The highest BCUT2D eigenvalue weighted by molar-refractivity contribution is 5.80. The fraction of sp³-hybridized carbons (Fsp3) is 0.500. The first kappa shape index (κ1) is 20.3. The van der Waals surface area contributed by atoms with Crippen LogP contribution in [0.2, 0.25) is 0 Å². The molecule has 0 aliphatic carbocycles. The van der Waals surface area contributed by atoms with E-state index in [0.29, 0.717) is 38.4 Å². The van der Waals surface area contributed by atoms with Crippen LogP contribution in [-0.4, -0.2) is 72.2 Å². The number of hydrogen-bond donors (Lipinski definition) is 1. The summed E-state index contributed by atoms with van der Waals surface area (Å²) in [5.74, 6) is 0.749. The highest BCUT2D eigenvalue weighted by Gasteiger charge is 2.29. The number of para-hydroxylation sites is 1. The Morgan fingerprint density at radius 1 is 1.07 bits per heavy atom. The average Bonchev–Trinajstić information content (AvgIpc) is 3.36. The van der Waals surface area contributed by atoms with Crippen LogP contribution in [0.15, 0.2) is 34.9 Å². The number of nitrogens with one attached hydrogen (secondary N) is 1. The van der Waals surface area contributed by atoms with Crippen LogP contribution in [0.3, 0.4) is 0 Å². The normalized spacial score (nSPS) is 19.3. The Hall–Kier alpha value is -3.03. The van der Waals surface area contributed by atoms with Crippen molar-refractivity contribution in [1.82, 2.24) is 20.3 Å². The van der Waals surface area contributed by atoms with Gasteiger partial charge in [-0.05, 0) is 32.4 Å². The van der Waals surface area contributed by atoms with Gasteiger partial charge in [0.25, 0.3) is 0 Å². The minimum Gasteiger partial charge on any atom is -0.369 e. The first-order valence-corrected chi connectivity index (χ1v) is 10.6. The van der Waals surface area contributed by atoms with E-state index < -0.39 is 0 Å². The van der Waals surface area contributed by atoms with Crippen LogP contribution in [0.1, 0.15) is 23.4 Å². The topological polar surface area (TPSA) is 81.9 Å². The van der Waals surface area contributed by atoms with Gasteiger partial charge in [-0.3, -0.25) is 4.79 Å². The van der Waals surface area contributed by atoms with Crippen molar-refractivity contribution in [2.24, 2.45) is 0 Å². The number of carbonyl (C=O) groups is 2. The van der Waals surface area contributed by atoms with Gasteiger partial charge in [-0.1, -0.05) is 23.4 Å². The van der Waals surface area contributed by atoms with E-state index in [2.05, 4.69) is 27.5 Å². The van der Waals surface area contributed by atoms with Crippen molar-refractivity contribution in [3.63, 3.8) is 0 Å². The van der Waals surface area contributed by atoms with Crippen LogP contribution >= 0.6 is 0 Å². The Balaban J connectivity index is 1.23. The molecule has 8 heteroatoms. The number of nitrogens with zero attached hydrogens (tertiary/aromatic N) is 4. The molecule has 8 nitrogen and oxygen atoms in total. The van der Waals surface area contributed by atoms with E-state index in [1.165, 1.54) is 5.69 Å². The molecule has 30 heavy (non-hydrogen) atoms. The zero-order valence-corrected chi connectivity index (χ0v) is 17.6. The van der Waals surface area contributed by atoms with E-state index in [0.717, 1.165) is 30.8 Å². The summed E-state index contributed by atoms with van der Waals surface area (Å²) in [5, 5.41) is 7.08. The molecule has 0 spiro atoms. The molecule has 2 aliphatic heterocycles. The molecule has 2 aromatic rings. The van der Waals surface area contributed by atoms with Crippen molar-refractivity contribution in [1.29, 1.82) is 0 Å². The quantitative estimate of drug-likeness (QED) is 0.832. The van der Waals surface area contributed by atoms with Crippen molar-refractivity contribution < 1.29 is 14.1 Å². The van der Waals surface area contributed by atoms with Crippen molar-refractivity contribution in [2.75, 3.05) is 44.2 Å². The fourth-order valence-electron chi connectivity index (χ4n) is 4.19. The van der Waals surface area contributed by atoms with Crippen molar-refractivity contribution in [3.8, 4) is 0 Å². The molecule has 2 aliphatic rings. The Morgan fingerprint density at radius 3 is 2.43 bits per heavy atom. The molecule has 160 valence electrons.